The lowest BCUT2D eigenvalue weighted by Gasteiger charge is -2.28. The number of nitrogens with zero attached hydrogens (tertiary/aromatic N) is 1. The van der Waals surface area contributed by atoms with Gasteiger partial charge in [0.25, 0.3) is 0 Å². The summed E-state index contributed by atoms with van der Waals surface area (Å²) in [4.78, 5) is 4.71. The van der Waals surface area contributed by atoms with Crippen LogP contribution in [0.1, 0.15) is 68.9 Å². The fourth-order valence-electron chi connectivity index (χ4n) is 4.03. The van der Waals surface area contributed by atoms with Crippen molar-refractivity contribution in [3.8, 4) is 0 Å². The smallest absolute Gasteiger partial charge is 0.0705 e. The molecular formula is C22H28N2. The van der Waals surface area contributed by atoms with Crippen molar-refractivity contribution in [2.75, 3.05) is 0 Å². The number of nitrogens with one attached hydrogen (secondary N) is 1. The molecular weight excluding hydrogens is 292 g/mol. The molecule has 2 heteroatoms. The van der Waals surface area contributed by atoms with Crippen LogP contribution in [0, 0.1) is 5.92 Å². The van der Waals surface area contributed by atoms with E-state index >= 15 is 0 Å². The van der Waals surface area contributed by atoms with Crippen LogP contribution >= 0.6 is 0 Å². The standard InChI is InChI=1S/C22H28N2/c1-15-6-10-21(11-7-15)24-16(2)20-12-19-9-8-18(17-4-3-5-17)13-22(19)23-14-20/h8-9,12-15,17,21,24H,2-7,10-11H2,1H3. The molecule has 2 saturated carbocycles. The van der Waals surface area contributed by atoms with Gasteiger partial charge >= 0.3 is 0 Å². The Morgan fingerprint density at radius 3 is 2.58 bits per heavy atom. The molecule has 1 N–H and O–H groups in total. The Morgan fingerprint density at radius 2 is 1.88 bits per heavy atom. The molecule has 0 radical (unpaired) electrons. The molecule has 1 heterocycles. The van der Waals surface area contributed by atoms with Gasteiger partial charge in [-0.25, -0.2) is 0 Å². The van der Waals surface area contributed by atoms with Gasteiger partial charge in [-0.3, -0.25) is 4.98 Å². The van der Waals surface area contributed by atoms with Crippen LogP contribution < -0.4 is 5.32 Å². The van der Waals surface area contributed by atoms with E-state index in [0.29, 0.717) is 6.04 Å². The molecule has 2 nitrogen and oxygen atoms in total. The molecule has 24 heavy (non-hydrogen) atoms. The molecule has 0 amide bonds. The van der Waals surface area contributed by atoms with E-state index in [0.717, 1.165) is 28.6 Å². The summed E-state index contributed by atoms with van der Waals surface area (Å²) in [5.74, 6) is 1.64. The van der Waals surface area contributed by atoms with E-state index in [1.807, 2.05) is 6.20 Å². The van der Waals surface area contributed by atoms with E-state index in [1.54, 1.807) is 0 Å². The summed E-state index contributed by atoms with van der Waals surface area (Å²) in [5, 5.41) is 4.85. The van der Waals surface area contributed by atoms with Crippen LogP contribution in [0.15, 0.2) is 37.0 Å². The molecule has 2 aliphatic carbocycles. The molecule has 0 bridgehead atoms. The fourth-order valence-corrected chi connectivity index (χ4v) is 4.03. The topological polar surface area (TPSA) is 24.9 Å². The summed E-state index contributed by atoms with van der Waals surface area (Å²) in [5.41, 5.74) is 4.72. The first-order valence-corrected chi connectivity index (χ1v) is 9.54. The number of benzene rings is 1. The zero-order valence-corrected chi connectivity index (χ0v) is 14.7. The first-order chi connectivity index (χ1) is 11.7. The highest BCUT2D eigenvalue weighted by Gasteiger charge is 2.20. The number of aromatic nitrogens is 1. The van der Waals surface area contributed by atoms with Crippen LogP contribution in [0.4, 0.5) is 0 Å². The highest BCUT2D eigenvalue weighted by Crippen LogP contribution is 2.37. The summed E-state index contributed by atoms with van der Waals surface area (Å²) < 4.78 is 0. The summed E-state index contributed by atoms with van der Waals surface area (Å²) in [6.45, 7) is 6.62. The molecule has 4 rings (SSSR count). The number of hydrogen-bond acceptors (Lipinski definition) is 2. The Morgan fingerprint density at radius 1 is 1.08 bits per heavy atom. The molecule has 0 saturated heterocycles. The Bertz CT molecular complexity index is 737. The second kappa shape index (κ2) is 6.58. The maximum atomic E-state index is 4.71. The van der Waals surface area contributed by atoms with Crippen LogP contribution in [0.2, 0.25) is 0 Å². The van der Waals surface area contributed by atoms with Gasteiger partial charge in [0.05, 0.1) is 5.52 Å². The van der Waals surface area contributed by atoms with Gasteiger partial charge in [-0.2, -0.15) is 0 Å². The van der Waals surface area contributed by atoms with Gasteiger partial charge < -0.3 is 5.32 Å². The predicted octanol–water partition coefficient (Wildman–Crippen LogP) is 5.64. The third kappa shape index (κ3) is 3.19. The van der Waals surface area contributed by atoms with Gasteiger partial charge in [-0.15, -0.1) is 0 Å². The highest BCUT2D eigenvalue weighted by molar-refractivity contribution is 5.82. The van der Waals surface area contributed by atoms with Gasteiger partial charge in [0.1, 0.15) is 0 Å². The molecule has 2 fully saturated rings. The zero-order chi connectivity index (χ0) is 16.5. The normalized spacial score (nSPS) is 24.5. The quantitative estimate of drug-likeness (QED) is 0.788. The van der Waals surface area contributed by atoms with Crippen LogP contribution in [0.5, 0.6) is 0 Å². The predicted molar refractivity (Wildman–Crippen MR) is 102 cm³/mol. The number of fused-ring (bicyclic) bond motifs is 1. The third-order valence-electron chi connectivity index (χ3n) is 6.03. The SMILES string of the molecule is C=C(NC1CCC(C)CC1)c1cnc2cc(C3CCC3)ccc2c1. The van der Waals surface area contributed by atoms with E-state index in [1.165, 1.54) is 55.9 Å². The second-order valence-electron chi connectivity index (χ2n) is 7.88. The Balaban J connectivity index is 1.48. The van der Waals surface area contributed by atoms with Crippen molar-refractivity contribution in [3.05, 3.63) is 48.2 Å². The van der Waals surface area contributed by atoms with Gasteiger partial charge in [-0.05, 0) is 68.1 Å². The van der Waals surface area contributed by atoms with Crippen molar-refractivity contribution in [1.82, 2.24) is 10.3 Å². The van der Waals surface area contributed by atoms with Crippen molar-refractivity contribution in [3.63, 3.8) is 0 Å². The van der Waals surface area contributed by atoms with Crippen molar-refractivity contribution in [2.45, 2.75) is 63.8 Å². The lowest BCUT2D eigenvalue weighted by molar-refractivity contribution is 0.328. The van der Waals surface area contributed by atoms with Crippen LogP contribution in [-0.2, 0) is 0 Å². The highest BCUT2D eigenvalue weighted by atomic mass is 14.9. The number of rotatable bonds is 4. The van der Waals surface area contributed by atoms with Crippen molar-refractivity contribution in [2.24, 2.45) is 5.92 Å². The van der Waals surface area contributed by atoms with Crippen LogP contribution in [0.3, 0.4) is 0 Å². The van der Waals surface area contributed by atoms with Crippen LogP contribution in [-0.4, -0.2) is 11.0 Å². The molecule has 1 aromatic carbocycles. The van der Waals surface area contributed by atoms with Gasteiger partial charge in [0.2, 0.25) is 0 Å². The number of hydrogen-bond donors (Lipinski definition) is 1. The minimum absolute atomic E-state index is 0.574. The molecule has 0 atom stereocenters. The molecule has 0 unspecified atom stereocenters. The average molecular weight is 320 g/mol. The minimum atomic E-state index is 0.574. The summed E-state index contributed by atoms with van der Waals surface area (Å²) in [6, 6.07) is 9.60. The van der Waals surface area contributed by atoms with Gasteiger partial charge in [-0.1, -0.05) is 32.1 Å². The second-order valence-corrected chi connectivity index (χ2v) is 7.88. The van der Waals surface area contributed by atoms with Crippen molar-refractivity contribution in [1.29, 1.82) is 0 Å². The average Bonchev–Trinajstić information content (AvgIpc) is 2.55. The van der Waals surface area contributed by atoms with E-state index in [9.17, 15) is 0 Å². The summed E-state index contributed by atoms with van der Waals surface area (Å²) in [7, 11) is 0. The lowest BCUT2D eigenvalue weighted by atomic mass is 9.80. The molecule has 1 aromatic heterocycles. The van der Waals surface area contributed by atoms with Crippen molar-refractivity contribution < 1.29 is 0 Å². The number of pyridine rings is 1. The van der Waals surface area contributed by atoms with E-state index in [2.05, 4.69) is 43.1 Å². The van der Waals surface area contributed by atoms with Crippen LogP contribution in [0.25, 0.3) is 16.6 Å². The first-order valence-electron chi connectivity index (χ1n) is 9.54. The van der Waals surface area contributed by atoms with Crippen molar-refractivity contribution >= 4 is 16.6 Å². The molecule has 2 aromatic rings. The molecule has 0 aliphatic heterocycles. The zero-order valence-electron chi connectivity index (χ0n) is 14.7. The Labute approximate surface area is 145 Å². The maximum absolute atomic E-state index is 4.71. The van der Waals surface area contributed by atoms with E-state index < -0.39 is 0 Å². The summed E-state index contributed by atoms with van der Waals surface area (Å²) in [6.07, 6.45) is 11.2. The Hall–Kier alpha value is -1.83. The monoisotopic (exact) mass is 320 g/mol. The summed E-state index contributed by atoms with van der Waals surface area (Å²) >= 11 is 0. The van der Waals surface area contributed by atoms with E-state index in [4.69, 9.17) is 4.98 Å². The Kier molecular flexibility index (Phi) is 4.30. The third-order valence-corrected chi connectivity index (χ3v) is 6.03. The first kappa shape index (κ1) is 15.7. The minimum Gasteiger partial charge on any atom is -0.382 e. The fraction of sp³-hybridized carbons (Fsp3) is 0.500. The molecule has 126 valence electrons. The molecule has 0 spiro atoms. The van der Waals surface area contributed by atoms with Gasteiger partial charge in [0.15, 0.2) is 0 Å². The molecule has 2 aliphatic rings. The largest absolute Gasteiger partial charge is 0.382 e. The lowest BCUT2D eigenvalue weighted by Crippen LogP contribution is -2.31. The van der Waals surface area contributed by atoms with Gasteiger partial charge in [0, 0.05) is 28.9 Å². The maximum Gasteiger partial charge on any atom is 0.0705 e. The van der Waals surface area contributed by atoms with E-state index in [-0.39, 0.29) is 0 Å².